The summed E-state index contributed by atoms with van der Waals surface area (Å²) in [6.45, 7) is 3.19. The van der Waals surface area contributed by atoms with Gasteiger partial charge in [0, 0.05) is 14.1 Å². The van der Waals surface area contributed by atoms with E-state index in [9.17, 15) is 18.0 Å². The van der Waals surface area contributed by atoms with Crippen LogP contribution in [-0.4, -0.2) is 57.5 Å². The number of nitrogens with one attached hydrogen (secondary N) is 1. The summed E-state index contributed by atoms with van der Waals surface area (Å²) >= 11 is 0. The van der Waals surface area contributed by atoms with Crippen LogP contribution in [0.4, 0.5) is 0 Å². The van der Waals surface area contributed by atoms with E-state index in [1.807, 2.05) is 0 Å². The molecule has 2 N–H and O–H groups in total. The molecule has 8 nitrogen and oxygen atoms in total. The Balaban J connectivity index is 3.33. The number of hydrogen-bond donors (Lipinski definition) is 2. The zero-order valence-electron chi connectivity index (χ0n) is 14.2. The molecule has 0 heterocycles. The number of methoxy groups -OCH3 is 1. The predicted molar refractivity (Wildman–Crippen MR) is 87.6 cm³/mol. The normalized spacial score (nSPS) is 12.8. The molecule has 0 saturated heterocycles. The van der Waals surface area contributed by atoms with Gasteiger partial charge in [0.25, 0.3) is 5.91 Å². The summed E-state index contributed by atoms with van der Waals surface area (Å²) in [5.74, 6) is -1.92. The molecule has 0 radical (unpaired) electrons. The number of carbonyl (C=O) groups is 2. The Hall–Kier alpha value is -2.13. The van der Waals surface area contributed by atoms with E-state index in [1.165, 1.54) is 44.3 Å². The minimum Gasteiger partial charge on any atom is -0.496 e. The van der Waals surface area contributed by atoms with E-state index < -0.39 is 33.9 Å². The third-order valence-corrected chi connectivity index (χ3v) is 4.77. The van der Waals surface area contributed by atoms with Gasteiger partial charge >= 0.3 is 5.97 Å². The Morgan fingerprint density at radius 2 is 1.83 bits per heavy atom. The molecule has 1 aromatic rings. The lowest BCUT2D eigenvalue weighted by Crippen LogP contribution is -2.44. The summed E-state index contributed by atoms with van der Waals surface area (Å²) in [4.78, 5) is 24.5. The van der Waals surface area contributed by atoms with Gasteiger partial charge in [-0.05, 0) is 24.1 Å². The molecule has 0 fully saturated rings. The fourth-order valence-electron chi connectivity index (χ4n) is 1.97. The highest BCUT2D eigenvalue weighted by atomic mass is 32.2. The number of amides is 1. The fraction of sp³-hybridized carbons (Fsp3) is 0.467. The van der Waals surface area contributed by atoms with Gasteiger partial charge in [-0.1, -0.05) is 13.8 Å². The molecule has 0 aliphatic rings. The largest absolute Gasteiger partial charge is 0.496 e. The van der Waals surface area contributed by atoms with Gasteiger partial charge in [0.15, 0.2) is 0 Å². The fourth-order valence-corrected chi connectivity index (χ4v) is 3.33. The van der Waals surface area contributed by atoms with E-state index in [0.29, 0.717) is 0 Å². The van der Waals surface area contributed by atoms with E-state index >= 15 is 0 Å². The lowest BCUT2D eigenvalue weighted by atomic mass is 10.1. The molecular formula is C15H22N2O6S. The van der Waals surface area contributed by atoms with Crippen LogP contribution in [0.25, 0.3) is 0 Å². The Morgan fingerprint density at radius 1 is 1.25 bits per heavy atom. The first-order chi connectivity index (χ1) is 11.0. The number of benzene rings is 1. The molecule has 0 saturated carbocycles. The number of carbonyl (C=O) groups excluding carboxylic acids is 1. The van der Waals surface area contributed by atoms with Gasteiger partial charge in [0.1, 0.15) is 11.8 Å². The molecule has 1 atom stereocenters. The zero-order chi connectivity index (χ0) is 18.7. The SMILES string of the molecule is COc1ccc(S(=O)(=O)N[C@@H](C(=O)O)C(C)C)cc1C(=O)N(C)C. The van der Waals surface area contributed by atoms with Crippen molar-refractivity contribution in [2.75, 3.05) is 21.2 Å². The predicted octanol–water partition coefficient (Wildman–Crippen LogP) is 0.784. The maximum absolute atomic E-state index is 12.5. The first-order valence-electron chi connectivity index (χ1n) is 7.16. The number of aliphatic carboxylic acids is 1. The van der Waals surface area contributed by atoms with Crippen LogP contribution in [0.15, 0.2) is 23.1 Å². The van der Waals surface area contributed by atoms with Crippen molar-refractivity contribution < 1.29 is 27.9 Å². The summed E-state index contributed by atoms with van der Waals surface area (Å²) in [7, 11) is 0.311. The minimum absolute atomic E-state index is 0.0711. The zero-order valence-corrected chi connectivity index (χ0v) is 15.0. The third kappa shape index (κ3) is 4.45. The van der Waals surface area contributed by atoms with Crippen LogP contribution >= 0.6 is 0 Å². The topological polar surface area (TPSA) is 113 Å². The molecule has 9 heteroatoms. The Kier molecular flexibility index (Phi) is 6.33. The second kappa shape index (κ2) is 7.63. The molecule has 0 spiro atoms. The second-order valence-corrected chi connectivity index (χ2v) is 7.46. The highest BCUT2D eigenvalue weighted by Crippen LogP contribution is 2.24. The van der Waals surface area contributed by atoms with E-state index in [2.05, 4.69) is 4.72 Å². The molecule has 0 aliphatic carbocycles. The molecule has 0 unspecified atom stereocenters. The third-order valence-electron chi connectivity index (χ3n) is 3.33. The average molecular weight is 358 g/mol. The molecule has 0 aliphatic heterocycles. The molecule has 0 bridgehead atoms. The monoisotopic (exact) mass is 358 g/mol. The first-order valence-corrected chi connectivity index (χ1v) is 8.64. The molecular weight excluding hydrogens is 336 g/mol. The minimum atomic E-state index is -4.11. The Morgan fingerprint density at radius 3 is 2.25 bits per heavy atom. The van der Waals surface area contributed by atoms with Crippen LogP contribution in [0.1, 0.15) is 24.2 Å². The van der Waals surface area contributed by atoms with Crippen LogP contribution in [0, 0.1) is 5.92 Å². The number of sulfonamides is 1. The maximum atomic E-state index is 12.5. The standard InChI is InChI=1S/C15H22N2O6S/c1-9(2)13(15(19)20)16-24(21,22)10-6-7-12(23-5)11(8-10)14(18)17(3)4/h6-9,13,16H,1-5H3,(H,19,20)/t13-/m1/s1. The Labute approximate surface area is 141 Å². The highest BCUT2D eigenvalue weighted by molar-refractivity contribution is 7.89. The van der Waals surface area contributed by atoms with Gasteiger partial charge < -0.3 is 14.7 Å². The van der Waals surface area contributed by atoms with Gasteiger partial charge in [-0.25, -0.2) is 8.42 Å². The van der Waals surface area contributed by atoms with Crippen LogP contribution < -0.4 is 9.46 Å². The van der Waals surface area contributed by atoms with Gasteiger partial charge in [-0.3, -0.25) is 9.59 Å². The smallest absolute Gasteiger partial charge is 0.322 e. The summed E-state index contributed by atoms with van der Waals surface area (Å²) in [6, 6.07) is 2.51. The van der Waals surface area contributed by atoms with Gasteiger partial charge in [0.2, 0.25) is 10.0 Å². The number of rotatable bonds is 7. The van der Waals surface area contributed by atoms with E-state index in [-0.39, 0.29) is 16.2 Å². The van der Waals surface area contributed by atoms with Crippen LogP contribution in [0.5, 0.6) is 5.75 Å². The van der Waals surface area contributed by atoms with Gasteiger partial charge in [0.05, 0.1) is 17.6 Å². The summed E-state index contributed by atoms with van der Waals surface area (Å²) in [5, 5.41) is 9.14. The van der Waals surface area contributed by atoms with E-state index in [1.54, 1.807) is 13.8 Å². The molecule has 1 rings (SSSR count). The van der Waals surface area contributed by atoms with E-state index in [4.69, 9.17) is 9.84 Å². The van der Waals surface area contributed by atoms with Crippen molar-refractivity contribution >= 4 is 21.9 Å². The maximum Gasteiger partial charge on any atom is 0.322 e. The molecule has 134 valence electrons. The number of carboxylic acids is 1. The van der Waals surface area contributed by atoms with Crippen molar-refractivity contribution in [3.8, 4) is 5.75 Å². The second-order valence-electron chi connectivity index (χ2n) is 5.74. The summed E-state index contributed by atoms with van der Waals surface area (Å²) in [6.07, 6.45) is 0. The lowest BCUT2D eigenvalue weighted by molar-refractivity contribution is -0.140. The Bertz CT molecular complexity index is 727. The number of ether oxygens (including phenoxy) is 1. The summed E-state index contributed by atoms with van der Waals surface area (Å²) < 4.78 is 32.1. The van der Waals surface area contributed by atoms with Gasteiger partial charge in [-0.2, -0.15) is 4.72 Å². The number of carboxylic acid groups (broad SMARTS) is 1. The van der Waals surface area contributed by atoms with Crippen LogP contribution in [-0.2, 0) is 14.8 Å². The van der Waals surface area contributed by atoms with Crippen LogP contribution in [0.3, 0.4) is 0 Å². The number of nitrogens with zero attached hydrogens (tertiary/aromatic N) is 1. The number of hydrogen-bond acceptors (Lipinski definition) is 5. The quantitative estimate of drug-likeness (QED) is 0.745. The van der Waals surface area contributed by atoms with Crippen molar-refractivity contribution in [3.05, 3.63) is 23.8 Å². The van der Waals surface area contributed by atoms with E-state index in [0.717, 1.165) is 0 Å². The van der Waals surface area contributed by atoms with Crippen LogP contribution in [0.2, 0.25) is 0 Å². The van der Waals surface area contributed by atoms with Crippen molar-refractivity contribution in [1.29, 1.82) is 0 Å². The molecule has 24 heavy (non-hydrogen) atoms. The van der Waals surface area contributed by atoms with Crippen molar-refractivity contribution in [2.24, 2.45) is 5.92 Å². The van der Waals surface area contributed by atoms with Crippen molar-refractivity contribution in [3.63, 3.8) is 0 Å². The van der Waals surface area contributed by atoms with Gasteiger partial charge in [-0.15, -0.1) is 0 Å². The van der Waals surface area contributed by atoms with Crippen molar-refractivity contribution in [2.45, 2.75) is 24.8 Å². The average Bonchev–Trinajstić information content (AvgIpc) is 2.50. The lowest BCUT2D eigenvalue weighted by Gasteiger charge is -2.19. The molecule has 1 amide bonds. The highest BCUT2D eigenvalue weighted by Gasteiger charge is 2.29. The molecule has 0 aromatic heterocycles. The molecule has 1 aromatic carbocycles. The summed E-state index contributed by atoms with van der Waals surface area (Å²) in [5.41, 5.74) is 0.0711. The first kappa shape index (κ1) is 19.9. The van der Waals surface area contributed by atoms with Crippen molar-refractivity contribution in [1.82, 2.24) is 9.62 Å².